The molecule has 0 spiro atoms. The van der Waals surface area contributed by atoms with Crippen molar-refractivity contribution in [2.24, 2.45) is 7.05 Å². The number of aromatic nitrogens is 2. The van der Waals surface area contributed by atoms with Gasteiger partial charge in [0, 0.05) is 25.2 Å². The maximum Gasteiger partial charge on any atom is 0.123 e. The second kappa shape index (κ2) is 7.36. The quantitative estimate of drug-likeness (QED) is 0.849. The third-order valence-corrected chi connectivity index (χ3v) is 3.71. The van der Waals surface area contributed by atoms with Gasteiger partial charge >= 0.3 is 0 Å². The molecule has 2 rings (SSSR count). The van der Waals surface area contributed by atoms with Gasteiger partial charge in [-0.1, -0.05) is 26.0 Å². The Balaban J connectivity index is 2.09. The van der Waals surface area contributed by atoms with E-state index in [0.717, 1.165) is 37.1 Å². The van der Waals surface area contributed by atoms with Gasteiger partial charge in [0.1, 0.15) is 5.82 Å². The van der Waals surface area contributed by atoms with Crippen LogP contribution in [0.5, 0.6) is 0 Å². The van der Waals surface area contributed by atoms with E-state index in [9.17, 15) is 4.39 Å². The molecule has 3 nitrogen and oxygen atoms in total. The van der Waals surface area contributed by atoms with E-state index in [4.69, 9.17) is 0 Å². The highest BCUT2D eigenvalue weighted by Crippen LogP contribution is 2.12. The predicted molar refractivity (Wildman–Crippen MR) is 83.9 cm³/mol. The van der Waals surface area contributed by atoms with E-state index in [0.29, 0.717) is 0 Å². The molecule has 0 saturated carbocycles. The molecule has 0 bridgehead atoms. The molecule has 0 fully saturated rings. The Labute approximate surface area is 126 Å². The van der Waals surface area contributed by atoms with E-state index in [2.05, 4.69) is 30.3 Å². The van der Waals surface area contributed by atoms with Crippen LogP contribution in [0.4, 0.5) is 4.39 Å². The molecule has 114 valence electrons. The summed E-state index contributed by atoms with van der Waals surface area (Å²) in [5.74, 6) is -0.170. The van der Waals surface area contributed by atoms with Gasteiger partial charge in [0.05, 0.1) is 5.69 Å². The van der Waals surface area contributed by atoms with Gasteiger partial charge in [0.2, 0.25) is 0 Å². The molecule has 1 heterocycles. The third-order valence-electron chi connectivity index (χ3n) is 3.71. The Morgan fingerprint density at radius 1 is 1.24 bits per heavy atom. The Kier molecular flexibility index (Phi) is 5.51. The average Bonchev–Trinajstić information content (AvgIpc) is 2.80. The van der Waals surface area contributed by atoms with Crippen molar-refractivity contribution in [3.63, 3.8) is 0 Å². The maximum absolute atomic E-state index is 13.3. The van der Waals surface area contributed by atoms with Crippen LogP contribution in [0.25, 0.3) is 0 Å². The van der Waals surface area contributed by atoms with Crippen molar-refractivity contribution in [3.8, 4) is 0 Å². The van der Waals surface area contributed by atoms with Crippen molar-refractivity contribution >= 4 is 0 Å². The number of hydrogen-bond donors (Lipinski definition) is 1. The number of halogens is 1. The van der Waals surface area contributed by atoms with Gasteiger partial charge in [0.15, 0.2) is 0 Å². The molecule has 1 aromatic carbocycles. The minimum Gasteiger partial charge on any atom is -0.314 e. The molecule has 1 aromatic heterocycles. The monoisotopic (exact) mass is 289 g/mol. The molecule has 0 radical (unpaired) electrons. The first-order chi connectivity index (χ1) is 10.1. The highest BCUT2D eigenvalue weighted by Gasteiger charge is 2.13. The second-order valence-corrected chi connectivity index (χ2v) is 5.40. The second-order valence-electron chi connectivity index (χ2n) is 5.40. The fourth-order valence-electron chi connectivity index (χ4n) is 2.64. The smallest absolute Gasteiger partial charge is 0.123 e. The highest BCUT2D eigenvalue weighted by atomic mass is 19.1. The van der Waals surface area contributed by atoms with Crippen molar-refractivity contribution < 1.29 is 4.39 Å². The minimum absolute atomic E-state index is 0.170. The molecule has 0 aliphatic heterocycles. The van der Waals surface area contributed by atoms with Crippen LogP contribution in [0.3, 0.4) is 0 Å². The Morgan fingerprint density at radius 2 is 2.05 bits per heavy atom. The van der Waals surface area contributed by atoms with Crippen molar-refractivity contribution in [2.75, 3.05) is 6.54 Å². The lowest BCUT2D eigenvalue weighted by atomic mass is 10.0. The normalized spacial score (nSPS) is 12.6. The molecule has 0 aliphatic rings. The van der Waals surface area contributed by atoms with Gasteiger partial charge in [-0.2, -0.15) is 5.10 Å². The van der Waals surface area contributed by atoms with Crippen molar-refractivity contribution in [1.29, 1.82) is 0 Å². The number of aryl methyl sites for hydroxylation is 2. The summed E-state index contributed by atoms with van der Waals surface area (Å²) in [5, 5.41) is 7.98. The molecule has 1 atom stereocenters. The Hall–Kier alpha value is -1.68. The van der Waals surface area contributed by atoms with Crippen molar-refractivity contribution in [2.45, 2.75) is 39.2 Å². The van der Waals surface area contributed by atoms with Gasteiger partial charge in [-0.05, 0) is 43.1 Å². The minimum atomic E-state index is -0.170. The first-order valence-corrected chi connectivity index (χ1v) is 7.62. The summed E-state index contributed by atoms with van der Waals surface area (Å²) in [5.41, 5.74) is 3.36. The van der Waals surface area contributed by atoms with E-state index < -0.39 is 0 Å². The van der Waals surface area contributed by atoms with Crippen LogP contribution in [0.2, 0.25) is 0 Å². The zero-order valence-corrected chi connectivity index (χ0v) is 13.1. The summed E-state index contributed by atoms with van der Waals surface area (Å²) < 4.78 is 15.3. The molecule has 4 heteroatoms. The zero-order chi connectivity index (χ0) is 15.2. The summed E-state index contributed by atoms with van der Waals surface area (Å²) in [6.07, 6.45) is 2.66. The van der Waals surface area contributed by atoms with Crippen LogP contribution in [-0.2, 0) is 26.3 Å². The third kappa shape index (κ3) is 4.39. The van der Waals surface area contributed by atoms with Crippen LogP contribution < -0.4 is 5.32 Å². The fourth-order valence-corrected chi connectivity index (χ4v) is 2.64. The van der Waals surface area contributed by atoms with E-state index in [1.165, 1.54) is 11.8 Å². The van der Waals surface area contributed by atoms with Crippen LogP contribution in [0.15, 0.2) is 30.3 Å². The summed E-state index contributed by atoms with van der Waals surface area (Å²) in [7, 11) is 1.99. The number of rotatable bonds is 7. The highest BCUT2D eigenvalue weighted by molar-refractivity contribution is 5.19. The van der Waals surface area contributed by atoms with Gasteiger partial charge < -0.3 is 5.32 Å². The SMILES string of the molecule is CCNC(Cc1cccc(F)c1)Cc1cc(CC)nn1C. The predicted octanol–water partition coefficient (Wildman–Crippen LogP) is 2.88. The molecule has 2 aromatic rings. The molecule has 0 saturated heterocycles. The number of likely N-dealkylation sites (N-methyl/N-ethyl adjacent to an activating group) is 1. The number of benzene rings is 1. The van der Waals surface area contributed by atoms with Gasteiger partial charge in [0.25, 0.3) is 0 Å². The van der Waals surface area contributed by atoms with Crippen molar-refractivity contribution in [1.82, 2.24) is 15.1 Å². The average molecular weight is 289 g/mol. The summed E-state index contributed by atoms with van der Waals surface area (Å²) in [6.45, 7) is 5.11. The van der Waals surface area contributed by atoms with Crippen LogP contribution in [0, 0.1) is 5.82 Å². The lowest BCUT2D eigenvalue weighted by molar-refractivity contribution is 0.503. The first kappa shape index (κ1) is 15.7. The molecule has 0 aliphatic carbocycles. The van der Waals surface area contributed by atoms with Gasteiger partial charge in [-0.15, -0.1) is 0 Å². The molecule has 21 heavy (non-hydrogen) atoms. The fraction of sp³-hybridized carbons (Fsp3) is 0.471. The van der Waals surface area contributed by atoms with Crippen LogP contribution in [-0.4, -0.2) is 22.4 Å². The standard InChI is InChI=1S/C17H24FN3/c1-4-15-11-17(21(3)20-15)12-16(19-5-2)10-13-7-6-8-14(18)9-13/h6-9,11,16,19H,4-5,10,12H2,1-3H3. The lowest BCUT2D eigenvalue weighted by Gasteiger charge is -2.18. The van der Waals surface area contributed by atoms with Crippen LogP contribution >= 0.6 is 0 Å². The lowest BCUT2D eigenvalue weighted by Crippen LogP contribution is -2.33. The van der Waals surface area contributed by atoms with Gasteiger partial charge in [-0.3, -0.25) is 4.68 Å². The molecular formula is C17H24FN3. The van der Waals surface area contributed by atoms with E-state index in [1.807, 2.05) is 17.8 Å². The number of nitrogens with zero attached hydrogens (tertiary/aromatic N) is 2. The Bertz CT molecular complexity index is 577. The molecule has 0 amide bonds. The molecule has 1 unspecified atom stereocenters. The van der Waals surface area contributed by atoms with E-state index in [1.54, 1.807) is 12.1 Å². The zero-order valence-electron chi connectivity index (χ0n) is 13.1. The van der Waals surface area contributed by atoms with E-state index >= 15 is 0 Å². The van der Waals surface area contributed by atoms with Gasteiger partial charge in [-0.25, -0.2) is 4.39 Å². The maximum atomic E-state index is 13.3. The number of hydrogen-bond acceptors (Lipinski definition) is 2. The van der Waals surface area contributed by atoms with E-state index in [-0.39, 0.29) is 11.9 Å². The molecule has 1 N–H and O–H groups in total. The largest absolute Gasteiger partial charge is 0.314 e. The Morgan fingerprint density at radius 3 is 2.67 bits per heavy atom. The molecular weight excluding hydrogens is 265 g/mol. The number of nitrogens with one attached hydrogen (secondary N) is 1. The topological polar surface area (TPSA) is 29.9 Å². The summed E-state index contributed by atoms with van der Waals surface area (Å²) >= 11 is 0. The summed E-state index contributed by atoms with van der Waals surface area (Å²) in [6, 6.07) is 9.31. The summed E-state index contributed by atoms with van der Waals surface area (Å²) in [4.78, 5) is 0. The van der Waals surface area contributed by atoms with Crippen molar-refractivity contribution in [3.05, 3.63) is 53.1 Å². The first-order valence-electron chi connectivity index (χ1n) is 7.62. The van der Waals surface area contributed by atoms with Crippen LogP contribution in [0.1, 0.15) is 30.8 Å².